The van der Waals surface area contributed by atoms with Gasteiger partial charge in [-0.05, 0) is 11.4 Å². The second-order valence-corrected chi connectivity index (χ2v) is 3.38. The van der Waals surface area contributed by atoms with Crippen molar-refractivity contribution in [3.05, 3.63) is 23.7 Å². The Kier molecular flexibility index (Phi) is 1.95. The lowest BCUT2D eigenvalue weighted by Crippen LogP contribution is -1.75. The number of halogens is 1. The van der Waals surface area contributed by atoms with Crippen LogP contribution in [0.25, 0.3) is 10.2 Å². The fourth-order valence-electron chi connectivity index (χ4n) is 0.910. The molecule has 0 aromatic carbocycles. The van der Waals surface area contributed by atoms with E-state index in [0.29, 0.717) is 0 Å². The summed E-state index contributed by atoms with van der Waals surface area (Å²) in [5, 5.41) is 2.01. The summed E-state index contributed by atoms with van der Waals surface area (Å²) in [6.45, 7) is 0. The predicted molar refractivity (Wildman–Crippen MR) is 54.3 cm³/mol. The van der Waals surface area contributed by atoms with Gasteiger partial charge in [0.05, 0.1) is 10.2 Å². The molecule has 0 N–H and O–H groups in total. The molecule has 0 atom stereocenters. The van der Waals surface area contributed by atoms with Gasteiger partial charge >= 0.3 is 0 Å². The number of rotatable bonds is 1. The van der Waals surface area contributed by atoms with Crippen molar-refractivity contribution < 1.29 is 3.07 Å². The Balaban J connectivity index is 2.79. The van der Waals surface area contributed by atoms with Crippen LogP contribution in [0.5, 0.6) is 5.75 Å². The van der Waals surface area contributed by atoms with E-state index in [4.69, 9.17) is 3.07 Å². The summed E-state index contributed by atoms with van der Waals surface area (Å²) in [6.07, 6.45) is 1.75. The smallest absolute Gasteiger partial charge is 0.192 e. The van der Waals surface area contributed by atoms with Gasteiger partial charge in [0.2, 0.25) is 0 Å². The van der Waals surface area contributed by atoms with Gasteiger partial charge in [-0.15, -0.1) is 11.3 Å². The highest BCUT2D eigenvalue weighted by atomic mass is 127. The first kappa shape index (κ1) is 7.30. The van der Waals surface area contributed by atoms with Crippen molar-refractivity contribution in [3.63, 3.8) is 0 Å². The van der Waals surface area contributed by atoms with Gasteiger partial charge in [0.25, 0.3) is 0 Å². The Morgan fingerprint density at radius 1 is 1.45 bits per heavy atom. The van der Waals surface area contributed by atoms with E-state index in [0.717, 1.165) is 16.0 Å². The first-order valence-corrected chi connectivity index (χ1v) is 4.78. The Morgan fingerprint density at radius 3 is 3.18 bits per heavy atom. The van der Waals surface area contributed by atoms with Crippen molar-refractivity contribution in [2.24, 2.45) is 0 Å². The topological polar surface area (TPSA) is 22.1 Å². The Bertz CT molecular complexity index is 373. The SMILES string of the molecule is IOc1ccnc2ccsc12. The van der Waals surface area contributed by atoms with Crippen molar-refractivity contribution in [2.45, 2.75) is 0 Å². The van der Waals surface area contributed by atoms with E-state index < -0.39 is 0 Å². The number of hydrogen-bond donors (Lipinski definition) is 0. The van der Waals surface area contributed by atoms with E-state index in [1.165, 1.54) is 0 Å². The van der Waals surface area contributed by atoms with E-state index in [-0.39, 0.29) is 0 Å². The number of aromatic nitrogens is 1. The van der Waals surface area contributed by atoms with Crippen LogP contribution in [0.2, 0.25) is 0 Å². The highest BCUT2D eigenvalue weighted by Crippen LogP contribution is 2.29. The predicted octanol–water partition coefficient (Wildman–Crippen LogP) is 3.03. The number of hydrogen-bond acceptors (Lipinski definition) is 3. The second kappa shape index (κ2) is 2.94. The van der Waals surface area contributed by atoms with Crippen molar-refractivity contribution in [2.75, 3.05) is 0 Å². The minimum atomic E-state index is 0.894. The molecule has 0 radical (unpaired) electrons. The molecule has 0 aliphatic heterocycles. The minimum absolute atomic E-state index is 0.894. The average Bonchev–Trinajstić information content (AvgIpc) is 2.50. The zero-order valence-electron chi connectivity index (χ0n) is 5.45. The molecule has 2 aromatic heterocycles. The Labute approximate surface area is 81.9 Å². The lowest BCUT2D eigenvalue weighted by atomic mass is 10.4. The summed E-state index contributed by atoms with van der Waals surface area (Å²) in [6, 6.07) is 3.85. The number of thiophene rings is 1. The van der Waals surface area contributed by atoms with Gasteiger partial charge in [-0.2, -0.15) is 0 Å². The normalized spacial score (nSPS) is 10.3. The largest absolute Gasteiger partial charge is 0.426 e. The highest BCUT2D eigenvalue weighted by molar-refractivity contribution is 14.1. The third-order valence-corrected chi connectivity index (χ3v) is 2.78. The third kappa shape index (κ3) is 1.20. The molecule has 2 aromatic rings. The molecule has 2 heterocycles. The first-order valence-electron chi connectivity index (χ1n) is 3.02. The fourth-order valence-corrected chi connectivity index (χ4v) is 2.23. The molecular formula is C7H4INOS. The molecule has 0 saturated carbocycles. The molecule has 0 saturated heterocycles. The molecule has 0 fully saturated rings. The molecule has 0 aliphatic rings. The summed E-state index contributed by atoms with van der Waals surface area (Å²) in [4.78, 5) is 4.18. The second-order valence-electron chi connectivity index (χ2n) is 2.02. The fraction of sp³-hybridized carbons (Fsp3) is 0. The highest BCUT2D eigenvalue weighted by Gasteiger charge is 2.01. The van der Waals surface area contributed by atoms with Gasteiger partial charge in [-0.25, -0.2) is 0 Å². The standard InChI is InChI=1S/C7H4INOS/c8-10-6-1-3-9-5-2-4-11-7(5)6/h1-4H. The zero-order chi connectivity index (χ0) is 7.68. The Hall–Kier alpha value is -0.360. The van der Waals surface area contributed by atoms with E-state index in [1.807, 2.05) is 40.5 Å². The van der Waals surface area contributed by atoms with Gasteiger partial charge in [0, 0.05) is 12.3 Å². The molecule has 4 heteroatoms. The molecule has 0 bridgehead atoms. The van der Waals surface area contributed by atoms with Gasteiger partial charge in [-0.1, -0.05) is 0 Å². The van der Waals surface area contributed by atoms with E-state index in [1.54, 1.807) is 17.5 Å². The van der Waals surface area contributed by atoms with Crippen LogP contribution in [0, 0.1) is 0 Å². The van der Waals surface area contributed by atoms with Crippen LogP contribution in [-0.2, 0) is 0 Å². The van der Waals surface area contributed by atoms with E-state index in [9.17, 15) is 0 Å². The van der Waals surface area contributed by atoms with Crippen LogP contribution in [0.4, 0.5) is 0 Å². The van der Waals surface area contributed by atoms with Gasteiger partial charge in [-0.3, -0.25) is 4.98 Å². The van der Waals surface area contributed by atoms with Crippen molar-refractivity contribution in [1.29, 1.82) is 0 Å². The van der Waals surface area contributed by atoms with Crippen molar-refractivity contribution in [1.82, 2.24) is 4.98 Å². The molecule has 0 spiro atoms. The van der Waals surface area contributed by atoms with E-state index >= 15 is 0 Å². The summed E-state index contributed by atoms with van der Waals surface area (Å²) in [5.41, 5.74) is 1.00. The first-order chi connectivity index (χ1) is 5.42. The van der Waals surface area contributed by atoms with Crippen LogP contribution in [0.15, 0.2) is 23.7 Å². The summed E-state index contributed by atoms with van der Waals surface area (Å²) in [7, 11) is 0. The van der Waals surface area contributed by atoms with Crippen LogP contribution < -0.4 is 3.07 Å². The van der Waals surface area contributed by atoms with Gasteiger partial charge in [0.15, 0.2) is 28.8 Å². The number of nitrogens with zero attached hydrogens (tertiary/aromatic N) is 1. The maximum atomic E-state index is 5.13. The maximum Gasteiger partial charge on any atom is 0.192 e. The van der Waals surface area contributed by atoms with Crippen molar-refractivity contribution >= 4 is 44.6 Å². The summed E-state index contributed by atoms with van der Waals surface area (Å²) in [5.74, 6) is 0.894. The zero-order valence-corrected chi connectivity index (χ0v) is 8.43. The lowest BCUT2D eigenvalue weighted by molar-refractivity contribution is 0.726. The summed E-state index contributed by atoms with van der Waals surface area (Å²) >= 11 is 3.52. The maximum absolute atomic E-state index is 5.13. The average molecular weight is 277 g/mol. The molecule has 11 heavy (non-hydrogen) atoms. The van der Waals surface area contributed by atoms with Crippen LogP contribution in [-0.4, -0.2) is 4.98 Å². The molecular weight excluding hydrogens is 273 g/mol. The van der Waals surface area contributed by atoms with Crippen LogP contribution >= 0.6 is 34.3 Å². The molecule has 2 nitrogen and oxygen atoms in total. The van der Waals surface area contributed by atoms with Gasteiger partial charge in [0.1, 0.15) is 0 Å². The van der Waals surface area contributed by atoms with Crippen molar-refractivity contribution in [3.8, 4) is 5.75 Å². The quantitative estimate of drug-likeness (QED) is 0.747. The molecule has 2 rings (SSSR count). The van der Waals surface area contributed by atoms with Crippen LogP contribution in [0.1, 0.15) is 0 Å². The molecule has 0 amide bonds. The number of pyridine rings is 1. The molecule has 56 valence electrons. The minimum Gasteiger partial charge on any atom is -0.426 e. The molecule has 0 aliphatic carbocycles. The Morgan fingerprint density at radius 2 is 2.36 bits per heavy atom. The van der Waals surface area contributed by atoms with Gasteiger partial charge < -0.3 is 3.07 Å². The van der Waals surface area contributed by atoms with Crippen LogP contribution in [0.3, 0.4) is 0 Å². The monoisotopic (exact) mass is 277 g/mol. The lowest BCUT2D eigenvalue weighted by Gasteiger charge is -1.95. The summed E-state index contributed by atoms with van der Waals surface area (Å²) < 4.78 is 6.24. The van der Waals surface area contributed by atoms with E-state index in [2.05, 4.69) is 4.98 Å². The molecule has 0 unspecified atom stereocenters. The number of fused-ring (bicyclic) bond motifs is 1. The third-order valence-electron chi connectivity index (χ3n) is 1.39.